The molecule has 0 spiro atoms. The van der Waals surface area contributed by atoms with Gasteiger partial charge in [0.1, 0.15) is 6.07 Å². The fourth-order valence-electron chi connectivity index (χ4n) is 1.23. The second-order valence-corrected chi connectivity index (χ2v) is 3.33. The highest BCUT2D eigenvalue weighted by atomic mass is 35.5. The SMILES string of the molecule is O=[N+]([O-])c1cc([N+](=O)[O-])c([N+](=O)[O-])c(Cl)c1[N+](=O)[O-]. The Kier molecular flexibility index (Phi) is 3.56. The molecule has 0 fully saturated rings. The summed E-state index contributed by atoms with van der Waals surface area (Å²) in [6, 6.07) is 0.127. The highest BCUT2D eigenvalue weighted by Gasteiger charge is 2.42. The maximum Gasteiger partial charge on any atom is 0.372 e. The molecule has 0 heterocycles. The van der Waals surface area contributed by atoms with Crippen molar-refractivity contribution in [2.45, 2.75) is 0 Å². The highest BCUT2D eigenvalue weighted by molar-refractivity contribution is 6.35. The quantitative estimate of drug-likeness (QED) is 0.597. The van der Waals surface area contributed by atoms with E-state index in [2.05, 4.69) is 0 Å². The lowest BCUT2D eigenvalue weighted by Gasteiger charge is -2.00. The maximum absolute atomic E-state index is 10.6. The lowest BCUT2D eigenvalue weighted by Crippen LogP contribution is -2.04. The summed E-state index contributed by atoms with van der Waals surface area (Å²) < 4.78 is 0. The molecule has 0 radical (unpaired) electrons. The van der Waals surface area contributed by atoms with Crippen molar-refractivity contribution in [2.24, 2.45) is 0 Å². The molecule has 0 bridgehead atoms. The molecule has 0 N–H and O–H groups in total. The van der Waals surface area contributed by atoms with Crippen molar-refractivity contribution < 1.29 is 19.7 Å². The first-order valence-corrected chi connectivity index (χ1v) is 4.50. The van der Waals surface area contributed by atoms with Gasteiger partial charge >= 0.3 is 22.7 Å². The van der Waals surface area contributed by atoms with Crippen molar-refractivity contribution in [3.05, 3.63) is 51.5 Å². The van der Waals surface area contributed by atoms with Crippen LogP contribution in [-0.2, 0) is 0 Å². The molecule has 19 heavy (non-hydrogen) atoms. The third-order valence-electron chi connectivity index (χ3n) is 1.93. The molecule has 0 amide bonds. The normalized spacial score (nSPS) is 9.95. The number of nitrogens with zero attached hydrogens (tertiary/aromatic N) is 4. The zero-order chi connectivity index (χ0) is 14.9. The van der Waals surface area contributed by atoms with E-state index in [-0.39, 0.29) is 6.07 Å². The zero-order valence-corrected chi connectivity index (χ0v) is 9.27. The Bertz CT molecular complexity index is 578. The van der Waals surface area contributed by atoms with Crippen LogP contribution in [0.3, 0.4) is 0 Å². The molecular formula is C6HClN4O8. The van der Waals surface area contributed by atoms with Gasteiger partial charge in [-0.25, -0.2) is 0 Å². The topological polar surface area (TPSA) is 173 Å². The van der Waals surface area contributed by atoms with Crippen LogP contribution in [0.2, 0.25) is 5.02 Å². The van der Waals surface area contributed by atoms with Crippen LogP contribution < -0.4 is 0 Å². The minimum absolute atomic E-state index is 0.127. The summed E-state index contributed by atoms with van der Waals surface area (Å²) in [6.07, 6.45) is 0. The lowest BCUT2D eigenvalue weighted by molar-refractivity contribution is -0.434. The van der Waals surface area contributed by atoms with Crippen LogP contribution in [0.15, 0.2) is 6.07 Å². The molecule has 0 aliphatic rings. The lowest BCUT2D eigenvalue weighted by atomic mass is 10.2. The predicted molar refractivity (Wildman–Crippen MR) is 58.1 cm³/mol. The summed E-state index contributed by atoms with van der Waals surface area (Å²) in [5.41, 5.74) is -5.34. The summed E-state index contributed by atoms with van der Waals surface area (Å²) in [5, 5.41) is 41.2. The van der Waals surface area contributed by atoms with Gasteiger partial charge < -0.3 is 0 Å². The van der Waals surface area contributed by atoms with Crippen LogP contribution >= 0.6 is 11.6 Å². The van der Waals surface area contributed by atoms with Gasteiger partial charge in [-0.2, -0.15) is 0 Å². The summed E-state index contributed by atoms with van der Waals surface area (Å²) in [4.78, 5) is 37.2. The van der Waals surface area contributed by atoms with Gasteiger partial charge in [-0.05, 0) is 0 Å². The number of hydrogen-bond donors (Lipinski definition) is 0. The van der Waals surface area contributed by atoms with Gasteiger partial charge in [0, 0.05) is 0 Å². The fourth-order valence-corrected chi connectivity index (χ4v) is 1.56. The minimum Gasteiger partial charge on any atom is -0.258 e. The second-order valence-electron chi connectivity index (χ2n) is 2.95. The van der Waals surface area contributed by atoms with E-state index >= 15 is 0 Å². The Morgan fingerprint density at radius 3 is 1.26 bits per heavy atom. The number of halogens is 1. The molecule has 100 valence electrons. The molecule has 0 unspecified atom stereocenters. The largest absolute Gasteiger partial charge is 0.372 e. The van der Waals surface area contributed by atoms with Crippen LogP contribution in [0.1, 0.15) is 0 Å². The molecule has 0 atom stereocenters. The van der Waals surface area contributed by atoms with E-state index in [9.17, 15) is 40.5 Å². The van der Waals surface area contributed by atoms with E-state index < -0.39 is 47.5 Å². The smallest absolute Gasteiger partial charge is 0.258 e. The molecule has 0 saturated carbocycles. The predicted octanol–water partition coefficient (Wildman–Crippen LogP) is 1.97. The average Bonchev–Trinajstić information content (AvgIpc) is 2.25. The first-order valence-electron chi connectivity index (χ1n) is 4.12. The van der Waals surface area contributed by atoms with Gasteiger partial charge in [-0.1, -0.05) is 11.6 Å². The fraction of sp³-hybridized carbons (Fsp3) is 0. The van der Waals surface area contributed by atoms with E-state index in [1.54, 1.807) is 0 Å². The molecule has 12 nitrogen and oxygen atoms in total. The van der Waals surface area contributed by atoms with Crippen LogP contribution in [0.25, 0.3) is 0 Å². The first-order chi connectivity index (χ1) is 8.68. The van der Waals surface area contributed by atoms with E-state index in [0.717, 1.165) is 0 Å². The molecule has 1 aromatic rings. The van der Waals surface area contributed by atoms with Crippen molar-refractivity contribution >= 4 is 34.4 Å². The highest BCUT2D eigenvalue weighted by Crippen LogP contribution is 2.46. The summed E-state index contributed by atoms with van der Waals surface area (Å²) in [5.74, 6) is 0. The first kappa shape index (κ1) is 14.2. The molecule has 0 saturated heterocycles. The van der Waals surface area contributed by atoms with Gasteiger partial charge in [0.2, 0.25) is 5.02 Å². The van der Waals surface area contributed by atoms with Crippen LogP contribution in [0.5, 0.6) is 0 Å². The molecule has 0 aliphatic carbocycles. The van der Waals surface area contributed by atoms with Gasteiger partial charge in [0.05, 0.1) is 19.7 Å². The molecular weight excluding hydrogens is 292 g/mol. The van der Waals surface area contributed by atoms with Crippen molar-refractivity contribution in [1.82, 2.24) is 0 Å². The van der Waals surface area contributed by atoms with Crippen molar-refractivity contribution in [1.29, 1.82) is 0 Å². The third kappa shape index (κ3) is 2.37. The second kappa shape index (κ2) is 4.77. The molecule has 0 aliphatic heterocycles. The van der Waals surface area contributed by atoms with Gasteiger partial charge in [-0.3, -0.25) is 40.5 Å². The van der Waals surface area contributed by atoms with Crippen molar-refractivity contribution in [2.75, 3.05) is 0 Å². The minimum atomic E-state index is -1.37. The summed E-state index contributed by atoms with van der Waals surface area (Å²) >= 11 is 5.30. The molecule has 1 rings (SSSR count). The van der Waals surface area contributed by atoms with Gasteiger partial charge in [-0.15, -0.1) is 0 Å². The Morgan fingerprint density at radius 1 is 0.737 bits per heavy atom. The van der Waals surface area contributed by atoms with Gasteiger partial charge in [0.15, 0.2) is 0 Å². The number of nitro groups is 4. The van der Waals surface area contributed by atoms with E-state index in [1.807, 2.05) is 0 Å². The van der Waals surface area contributed by atoms with Gasteiger partial charge in [0.25, 0.3) is 0 Å². The average molecular weight is 293 g/mol. The zero-order valence-electron chi connectivity index (χ0n) is 8.51. The third-order valence-corrected chi connectivity index (χ3v) is 2.29. The number of benzene rings is 1. The van der Waals surface area contributed by atoms with Crippen molar-refractivity contribution in [3.8, 4) is 0 Å². The molecule has 1 aromatic carbocycles. The Labute approximate surface area is 106 Å². The van der Waals surface area contributed by atoms with Crippen LogP contribution in [0.4, 0.5) is 22.7 Å². The number of rotatable bonds is 4. The molecule has 13 heteroatoms. The summed E-state index contributed by atoms with van der Waals surface area (Å²) in [7, 11) is 0. The number of hydrogen-bond acceptors (Lipinski definition) is 8. The number of nitro benzene ring substituents is 4. The Morgan fingerprint density at radius 2 is 1.05 bits per heavy atom. The van der Waals surface area contributed by atoms with E-state index in [4.69, 9.17) is 11.6 Å². The van der Waals surface area contributed by atoms with E-state index in [1.165, 1.54) is 0 Å². The van der Waals surface area contributed by atoms with E-state index in [0.29, 0.717) is 0 Å². The van der Waals surface area contributed by atoms with Crippen LogP contribution in [0, 0.1) is 40.5 Å². The monoisotopic (exact) mass is 292 g/mol. The standard InChI is InChI=1S/C6HClN4O8/c7-4-5(10(16)17)2(8(12)13)1-3(9(14)15)6(4)11(18)19/h1H. The Balaban J connectivity index is 3.91. The Hall–Kier alpha value is -2.89. The van der Waals surface area contributed by atoms with Crippen molar-refractivity contribution in [3.63, 3.8) is 0 Å². The maximum atomic E-state index is 10.6. The summed E-state index contributed by atoms with van der Waals surface area (Å²) in [6.45, 7) is 0. The molecule has 0 aromatic heterocycles. The van der Waals surface area contributed by atoms with Crippen LogP contribution in [-0.4, -0.2) is 19.7 Å².